The summed E-state index contributed by atoms with van der Waals surface area (Å²) in [6, 6.07) is 20.7. The van der Waals surface area contributed by atoms with E-state index < -0.39 is 0 Å². The molecule has 2 unspecified atom stereocenters. The van der Waals surface area contributed by atoms with E-state index in [4.69, 9.17) is 19.4 Å². The van der Waals surface area contributed by atoms with Crippen molar-refractivity contribution in [2.75, 3.05) is 13.2 Å². The summed E-state index contributed by atoms with van der Waals surface area (Å²) in [6.45, 7) is 8.82. The predicted octanol–water partition coefficient (Wildman–Crippen LogP) is 6.47. The van der Waals surface area contributed by atoms with Gasteiger partial charge in [-0.05, 0) is 0 Å². The van der Waals surface area contributed by atoms with Crippen molar-refractivity contribution in [3.05, 3.63) is 94.0 Å². The van der Waals surface area contributed by atoms with E-state index in [1.807, 2.05) is 26.0 Å². The van der Waals surface area contributed by atoms with Crippen molar-refractivity contribution in [2.24, 2.45) is 11.8 Å². The first kappa shape index (κ1) is 34.6. The van der Waals surface area contributed by atoms with Gasteiger partial charge in [-0.15, -0.1) is 0 Å². The van der Waals surface area contributed by atoms with Gasteiger partial charge in [-0.2, -0.15) is 0 Å². The minimum atomic E-state index is -0.289. The molecule has 6 nitrogen and oxygen atoms in total. The fraction of sp³-hybridized carbons (Fsp3) is 0.400. The zero-order chi connectivity index (χ0) is 33.6. The van der Waals surface area contributed by atoms with Crippen LogP contribution < -0.4 is 9.18 Å². The third kappa shape index (κ3) is 7.19. The fourth-order valence-electron chi connectivity index (χ4n) is 7.16. The van der Waals surface area contributed by atoms with Crippen molar-refractivity contribution in [2.45, 2.75) is 79.1 Å². The maximum atomic E-state index is 13.8. The number of aromatic nitrogens is 2. The topological polar surface area (TPSA) is 78.4 Å². The zero-order valence-electron chi connectivity index (χ0n) is 28.3. The second-order valence-electron chi connectivity index (χ2n) is 12.6. The summed E-state index contributed by atoms with van der Waals surface area (Å²) in [5.41, 5.74) is 9.95. The molecular weight excluding hydrogens is 730 g/mol. The summed E-state index contributed by atoms with van der Waals surface area (Å²) >= 11 is -0.515. The van der Waals surface area contributed by atoms with Gasteiger partial charge in [0.25, 0.3) is 0 Å². The van der Waals surface area contributed by atoms with E-state index in [0.717, 1.165) is 94.2 Å². The van der Waals surface area contributed by atoms with Gasteiger partial charge in [-0.3, -0.25) is 0 Å². The van der Waals surface area contributed by atoms with Crippen molar-refractivity contribution in [3.8, 4) is 22.5 Å². The Morgan fingerprint density at radius 2 is 1.02 bits per heavy atom. The molecule has 0 saturated heterocycles. The van der Waals surface area contributed by atoms with E-state index in [1.54, 1.807) is 0 Å². The molecule has 0 saturated carbocycles. The van der Waals surface area contributed by atoms with Gasteiger partial charge in [-0.25, -0.2) is 0 Å². The average Bonchev–Trinajstić information content (AvgIpc) is 3.13. The molecule has 48 heavy (non-hydrogen) atoms. The molecule has 2 aromatic carbocycles. The molecule has 0 aliphatic heterocycles. The van der Waals surface area contributed by atoms with E-state index in [1.165, 1.54) is 11.1 Å². The SMILES string of the molecule is CCOC(=O)c1c([Se][Se]c2nc(-c3ccccc3)c3c(c2C(=O)OCC)CCC(CC)C3)nc(-c2ccccc2)c2c1CCC(CC)C2. The molecule has 0 N–H and O–H groups in total. The van der Waals surface area contributed by atoms with Crippen LogP contribution in [0.1, 0.15) is 96.3 Å². The molecule has 6 rings (SSSR count). The molecule has 2 aliphatic rings. The van der Waals surface area contributed by atoms with Crippen LogP contribution in [0.3, 0.4) is 0 Å². The van der Waals surface area contributed by atoms with Crippen LogP contribution in [0.2, 0.25) is 0 Å². The first-order chi connectivity index (χ1) is 23.5. The van der Waals surface area contributed by atoms with Gasteiger partial charge in [0.15, 0.2) is 0 Å². The van der Waals surface area contributed by atoms with Crippen LogP contribution >= 0.6 is 0 Å². The maximum absolute atomic E-state index is 13.8. The summed E-state index contributed by atoms with van der Waals surface area (Å²) in [6.07, 6.45) is 7.78. The predicted molar refractivity (Wildman–Crippen MR) is 194 cm³/mol. The number of rotatable bonds is 11. The molecule has 250 valence electrons. The fourth-order valence-corrected chi connectivity index (χ4v) is 13.6. The van der Waals surface area contributed by atoms with E-state index in [9.17, 15) is 9.59 Å². The summed E-state index contributed by atoms with van der Waals surface area (Å²) < 4.78 is 13.0. The van der Waals surface area contributed by atoms with Gasteiger partial charge >= 0.3 is 297 Å². The van der Waals surface area contributed by atoms with Crippen LogP contribution in [0.5, 0.6) is 0 Å². The van der Waals surface area contributed by atoms with Gasteiger partial charge in [0.2, 0.25) is 0 Å². The van der Waals surface area contributed by atoms with Crippen molar-refractivity contribution < 1.29 is 19.1 Å². The van der Waals surface area contributed by atoms with Crippen LogP contribution in [0.4, 0.5) is 0 Å². The number of hydrogen-bond acceptors (Lipinski definition) is 6. The molecule has 4 aromatic rings. The van der Waals surface area contributed by atoms with Crippen molar-refractivity contribution in [1.29, 1.82) is 0 Å². The summed E-state index contributed by atoms with van der Waals surface area (Å²) in [5.74, 6) is 0.548. The first-order valence-corrected chi connectivity index (χ1v) is 23.4. The minimum absolute atomic E-state index is 0.258. The van der Waals surface area contributed by atoms with Gasteiger partial charge in [0.05, 0.1) is 0 Å². The quantitative estimate of drug-likeness (QED) is 0.129. The molecule has 2 heterocycles. The summed E-state index contributed by atoms with van der Waals surface area (Å²) in [4.78, 5) is 38.2. The van der Waals surface area contributed by atoms with E-state index in [-0.39, 0.29) is 38.2 Å². The monoisotopic (exact) mass is 776 g/mol. The van der Waals surface area contributed by atoms with Crippen molar-refractivity contribution in [3.63, 3.8) is 0 Å². The number of fused-ring (bicyclic) bond motifs is 2. The van der Waals surface area contributed by atoms with Crippen LogP contribution in [0.15, 0.2) is 60.7 Å². The van der Waals surface area contributed by atoms with Crippen LogP contribution in [0.25, 0.3) is 22.5 Å². The molecular formula is C40H44N2O4Se2. The van der Waals surface area contributed by atoms with Crippen molar-refractivity contribution in [1.82, 2.24) is 9.97 Å². The van der Waals surface area contributed by atoms with Crippen LogP contribution in [0, 0.1) is 11.8 Å². The molecule has 0 amide bonds. The van der Waals surface area contributed by atoms with Gasteiger partial charge in [0.1, 0.15) is 0 Å². The molecule has 0 spiro atoms. The third-order valence-corrected chi connectivity index (χ3v) is 16.2. The number of hydrogen-bond donors (Lipinski definition) is 0. The molecule has 0 radical (unpaired) electrons. The van der Waals surface area contributed by atoms with Crippen LogP contribution in [-0.4, -0.2) is 61.4 Å². The Hall–Kier alpha value is -3.28. The van der Waals surface area contributed by atoms with E-state index >= 15 is 0 Å². The molecule has 0 fully saturated rings. The van der Waals surface area contributed by atoms with Gasteiger partial charge < -0.3 is 0 Å². The molecule has 2 aromatic heterocycles. The van der Waals surface area contributed by atoms with Crippen LogP contribution in [-0.2, 0) is 35.2 Å². The molecule has 2 atom stereocenters. The second-order valence-corrected chi connectivity index (χ2v) is 18.5. The molecule has 0 bridgehead atoms. The Bertz CT molecular complexity index is 1650. The Kier molecular flexibility index (Phi) is 11.5. The normalized spacial score (nSPS) is 16.9. The number of carbonyl (C=O) groups is 2. The van der Waals surface area contributed by atoms with Gasteiger partial charge in [-0.1, -0.05) is 0 Å². The molecule has 2 aliphatic carbocycles. The Morgan fingerprint density at radius 3 is 1.38 bits per heavy atom. The number of nitrogens with zero attached hydrogens (tertiary/aromatic N) is 2. The Labute approximate surface area is 295 Å². The summed E-state index contributed by atoms with van der Waals surface area (Å²) in [7, 11) is 0. The Balaban J connectivity index is 1.51. The zero-order valence-corrected chi connectivity index (χ0v) is 31.8. The standard InChI is InChI=1S/C40H44N2O4Se2/c1-5-25-19-21-29-31(23-25)35(27-15-11-9-12-16-27)41-37(33(29)39(43)45-7-3)47-48-38-34(40(44)46-8-4)30-22-20-26(6-2)24-32(30)36(42-38)28-17-13-10-14-18-28/h9-18,25-26H,5-8,19-24H2,1-4H3. The average molecular weight is 775 g/mol. The van der Waals surface area contributed by atoms with E-state index in [0.29, 0.717) is 36.2 Å². The Morgan fingerprint density at radius 1 is 0.625 bits per heavy atom. The number of pyridine rings is 2. The number of carbonyl (C=O) groups excluding carboxylic acids is 2. The molecule has 8 heteroatoms. The first-order valence-electron chi connectivity index (χ1n) is 17.4. The van der Waals surface area contributed by atoms with Gasteiger partial charge in [0, 0.05) is 0 Å². The number of esters is 2. The van der Waals surface area contributed by atoms with Crippen molar-refractivity contribution >= 4 is 47.4 Å². The number of benzene rings is 2. The summed E-state index contributed by atoms with van der Waals surface area (Å²) in [5, 5.41) is 0. The van der Waals surface area contributed by atoms with E-state index in [2.05, 4.69) is 62.4 Å². The second kappa shape index (κ2) is 16.0. The number of ether oxygens (including phenoxy) is 2. The third-order valence-electron chi connectivity index (χ3n) is 9.76.